The lowest BCUT2D eigenvalue weighted by atomic mass is 9.78. The lowest BCUT2D eigenvalue weighted by Crippen LogP contribution is -2.53. The van der Waals surface area contributed by atoms with E-state index in [4.69, 9.17) is 9.16 Å². The highest BCUT2D eigenvalue weighted by Gasteiger charge is 2.52. The zero-order valence-corrected chi connectivity index (χ0v) is 17.6. The van der Waals surface area contributed by atoms with Crippen molar-refractivity contribution in [2.45, 2.75) is 52.4 Å². The number of rotatable bonds is 6. The van der Waals surface area contributed by atoms with Crippen LogP contribution in [-0.4, -0.2) is 43.9 Å². The monoisotopic (exact) mass is 375 g/mol. The highest BCUT2D eigenvalue weighted by molar-refractivity contribution is 6.48. The van der Waals surface area contributed by atoms with E-state index in [1.165, 1.54) is 0 Å². The minimum atomic E-state index is -1.04. The van der Waals surface area contributed by atoms with Gasteiger partial charge in [-0.25, -0.2) is 4.79 Å². The van der Waals surface area contributed by atoms with Gasteiger partial charge in [-0.2, -0.15) is 0 Å². The molecule has 1 aromatic rings. The SMILES string of the molecule is C=CCOC(=O)N1C[C@@H](C(C)(C)C)C[C@]1(Cc1cccnc1)O[Si](C)C. The third-order valence-electron chi connectivity index (χ3n) is 4.83. The van der Waals surface area contributed by atoms with Crippen LogP contribution >= 0.6 is 0 Å². The first-order chi connectivity index (χ1) is 12.2. The molecule has 1 aromatic heterocycles. The molecule has 0 aromatic carbocycles. The minimum absolute atomic E-state index is 0.0748. The largest absolute Gasteiger partial charge is 0.445 e. The summed E-state index contributed by atoms with van der Waals surface area (Å²) < 4.78 is 11.9. The molecule has 0 N–H and O–H groups in total. The molecule has 143 valence electrons. The molecule has 0 bridgehead atoms. The maximum Gasteiger partial charge on any atom is 0.412 e. The Bertz CT molecular complexity index is 615. The molecule has 2 atom stereocenters. The van der Waals surface area contributed by atoms with Crippen molar-refractivity contribution in [1.82, 2.24) is 9.88 Å². The summed E-state index contributed by atoms with van der Waals surface area (Å²) in [5.41, 5.74) is 0.453. The number of aromatic nitrogens is 1. The van der Waals surface area contributed by atoms with E-state index in [2.05, 4.69) is 45.4 Å². The Hall–Kier alpha value is -1.66. The van der Waals surface area contributed by atoms with Crippen molar-refractivity contribution in [3.63, 3.8) is 0 Å². The van der Waals surface area contributed by atoms with Gasteiger partial charge in [0.1, 0.15) is 12.3 Å². The van der Waals surface area contributed by atoms with E-state index >= 15 is 0 Å². The second-order valence-electron chi connectivity index (χ2n) is 8.24. The van der Waals surface area contributed by atoms with Crippen molar-refractivity contribution in [3.05, 3.63) is 42.7 Å². The van der Waals surface area contributed by atoms with Crippen molar-refractivity contribution in [3.8, 4) is 0 Å². The molecule has 1 fully saturated rings. The Morgan fingerprint density at radius 1 is 1.50 bits per heavy atom. The van der Waals surface area contributed by atoms with Crippen molar-refractivity contribution in [1.29, 1.82) is 0 Å². The van der Waals surface area contributed by atoms with Crippen LogP contribution < -0.4 is 0 Å². The lowest BCUT2D eigenvalue weighted by Gasteiger charge is -2.39. The Morgan fingerprint density at radius 3 is 2.77 bits per heavy atom. The normalized spacial score (nSPS) is 23.3. The number of carbonyl (C=O) groups is 1. The minimum Gasteiger partial charge on any atom is -0.445 e. The second kappa shape index (κ2) is 8.35. The molecule has 0 saturated carbocycles. The lowest BCUT2D eigenvalue weighted by molar-refractivity contribution is -0.0509. The summed E-state index contributed by atoms with van der Waals surface area (Å²) in [6, 6.07) is 3.96. The van der Waals surface area contributed by atoms with Gasteiger partial charge in [0.25, 0.3) is 0 Å². The topological polar surface area (TPSA) is 51.7 Å². The van der Waals surface area contributed by atoms with E-state index in [1.54, 1.807) is 17.2 Å². The van der Waals surface area contributed by atoms with Crippen LogP contribution in [0.3, 0.4) is 0 Å². The van der Waals surface area contributed by atoms with E-state index in [0.29, 0.717) is 18.9 Å². The van der Waals surface area contributed by atoms with Crippen molar-refractivity contribution in [2.75, 3.05) is 13.2 Å². The van der Waals surface area contributed by atoms with Crippen LogP contribution in [0.15, 0.2) is 37.2 Å². The molecule has 2 rings (SSSR count). The van der Waals surface area contributed by atoms with Crippen molar-refractivity contribution < 1.29 is 14.0 Å². The van der Waals surface area contributed by atoms with Crippen LogP contribution in [0.25, 0.3) is 0 Å². The molecule has 1 amide bonds. The predicted octanol–water partition coefficient (Wildman–Crippen LogP) is 4.28. The number of hydrogen-bond acceptors (Lipinski definition) is 4. The summed E-state index contributed by atoms with van der Waals surface area (Å²) in [4.78, 5) is 18.9. The Morgan fingerprint density at radius 2 is 2.23 bits per heavy atom. The van der Waals surface area contributed by atoms with Crippen LogP contribution in [0.1, 0.15) is 32.8 Å². The molecule has 5 nitrogen and oxygen atoms in total. The van der Waals surface area contributed by atoms with Crippen LogP contribution in [0, 0.1) is 11.3 Å². The first kappa shape index (κ1) is 20.6. The molecule has 1 aliphatic heterocycles. The van der Waals surface area contributed by atoms with Gasteiger partial charge in [0.2, 0.25) is 9.04 Å². The summed E-state index contributed by atoms with van der Waals surface area (Å²) in [5, 5.41) is 0. The number of pyridine rings is 1. The van der Waals surface area contributed by atoms with E-state index in [9.17, 15) is 4.79 Å². The van der Waals surface area contributed by atoms with Gasteiger partial charge < -0.3 is 9.16 Å². The molecule has 1 radical (unpaired) electrons. The fraction of sp³-hybridized carbons (Fsp3) is 0.600. The van der Waals surface area contributed by atoms with Gasteiger partial charge in [-0.05, 0) is 42.5 Å². The van der Waals surface area contributed by atoms with E-state index in [0.717, 1.165) is 12.0 Å². The van der Waals surface area contributed by atoms with Gasteiger partial charge in [0.05, 0.1) is 0 Å². The summed E-state index contributed by atoms with van der Waals surface area (Å²) >= 11 is 0. The average Bonchev–Trinajstić information content (AvgIpc) is 2.92. The average molecular weight is 376 g/mol. The smallest absolute Gasteiger partial charge is 0.412 e. The van der Waals surface area contributed by atoms with Crippen LogP contribution in [-0.2, 0) is 15.6 Å². The van der Waals surface area contributed by atoms with Gasteiger partial charge in [0, 0.05) is 25.4 Å². The van der Waals surface area contributed by atoms with Crippen molar-refractivity contribution >= 4 is 15.1 Å². The maximum atomic E-state index is 12.8. The Labute approximate surface area is 159 Å². The molecule has 26 heavy (non-hydrogen) atoms. The van der Waals surface area contributed by atoms with Crippen molar-refractivity contribution in [2.24, 2.45) is 11.3 Å². The van der Waals surface area contributed by atoms with Gasteiger partial charge in [-0.3, -0.25) is 9.88 Å². The quantitative estimate of drug-likeness (QED) is 0.550. The van der Waals surface area contributed by atoms with Crippen LogP contribution in [0.2, 0.25) is 13.1 Å². The molecule has 1 aliphatic rings. The molecular formula is C20H31N2O3Si. The number of nitrogens with zero attached hydrogens (tertiary/aromatic N) is 2. The standard InChI is InChI=1S/C20H31N2O3Si/c1-7-11-24-18(23)22-15-17(19(2,3)4)13-20(22,25-26(5)6)12-16-9-8-10-21-14-16/h7-10,14,17H,1,11-13,15H2,2-6H3/t17-,20-/m0/s1. The number of amides is 1. The zero-order valence-electron chi connectivity index (χ0n) is 16.6. The molecule has 1 saturated heterocycles. The molecule has 0 aliphatic carbocycles. The molecular weight excluding hydrogens is 344 g/mol. The summed E-state index contributed by atoms with van der Waals surface area (Å²) in [7, 11) is -1.04. The fourth-order valence-corrected chi connectivity index (χ4v) is 4.50. The second-order valence-corrected chi connectivity index (χ2v) is 10.3. The van der Waals surface area contributed by atoms with Gasteiger partial charge in [-0.1, -0.05) is 39.5 Å². The van der Waals surface area contributed by atoms with Gasteiger partial charge in [-0.15, -0.1) is 0 Å². The molecule has 0 unspecified atom stereocenters. The number of ether oxygens (including phenoxy) is 1. The molecule has 6 heteroatoms. The third-order valence-corrected chi connectivity index (χ3v) is 5.62. The number of hydrogen-bond donors (Lipinski definition) is 0. The highest BCUT2D eigenvalue weighted by Crippen LogP contribution is 2.45. The summed E-state index contributed by atoms with van der Waals surface area (Å²) in [6.07, 6.45) is 6.28. The van der Waals surface area contributed by atoms with E-state index in [-0.39, 0.29) is 18.1 Å². The fourth-order valence-electron chi connectivity index (χ4n) is 3.48. The van der Waals surface area contributed by atoms with Gasteiger partial charge in [0.15, 0.2) is 0 Å². The van der Waals surface area contributed by atoms with Crippen LogP contribution in [0.5, 0.6) is 0 Å². The Kier molecular flexibility index (Phi) is 6.63. The van der Waals surface area contributed by atoms with E-state index in [1.807, 2.05) is 18.3 Å². The first-order valence-electron chi connectivity index (χ1n) is 9.11. The van der Waals surface area contributed by atoms with Gasteiger partial charge >= 0.3 is 6.09 Å². The van der Waals surface area contributed by atoms with E-state index < -0.39 is 14.8 Å². The van der Waals surface area contributed by atoms with Crippen LogP contribution in [0.4, 0.5) is 4.79 Å². The Balaban J connectivity index is 2.40. The molecule has 2 heterocycles. The molecule has 0 spiro atoms. The predicted molar refractivity (Wildman–Crippen MR) is 105 cm³/mol. The number of likely N-dealkylation sites (tertiary alicyclic amines) is 1. The first-order valence-corrected chi connectivity index (χ1v) is 11.5. The maximum absolute atomic E-state index is 12.8. The number of carbonyl (C=O) groups excluding carboxylic acids is 1. The summed E-state index contributed by atoms with van der Waals surface area (Å²) in [6.45, 7) is 15.3. The third kappa shape index (κ3) is 4.95. The zero-order chi connectivity index (χ0) is 19.4. The summed E-state index contributed by atoms with van der Waals surface area (Å²) in [5.74, 6) is 0.330. The highest BCUT2D eigenvalue weighted by atomic mass is 28.3.